The van der Waals surface area contributed by atoms with Crippen molar-refractivity contribution in [1.82, 2.24) is 9.88 Å². The molecule has 1 aromatic heterocycles. The minimum Gasteiger partial charge on any atom is -0.360 e. The molecule has 0 aromatic carbocycles. The summed E-state index contributed by atoms with van der Waals surface area (Å²) >= 11 is 5.73. The largest absolute Gasteiger partial charge is 0.360 e. The van der Waals surface area contributed by atoms with Gasteiger partial charge in [-0.3, -0.25) is 4.79 Å². The van der Waals surface area contributed by atoms with Crippen molar-refractivity contribution in [3.8, 4) is 0 Å². The molecule has 0 spiro atoms. The van der Waals surface area contributed by atoms with Gasteiger partial charge in [0, 0.05) is 12.7 Å². The third-order valence-electron chi connectivity index (χ3n) is 3.01. The van der Waals surface area contributed by atoms with Gasteiger partial charge in [-0.05, 0) is 25.5 Å². The van der Waals surface area contributed by atoms with Gasteiger partial charge in [-0.25, -0.2) is 4.98 Å². The molecule has 5 nitrogen and oxygen atoms in total. The maximum atomic E-state index is 11.9. The van der Waals surface area contributed by atoms with Gasteiger partial charge in [0.25, 0.3) is 5.91 Å². The fourth-order valence-electron chi connectivity index (χ4n) is 1.99. The summed E-state index contributed by atoms with van der Waals surface area (Å²) in [5.74, 6) is -0.421. The van der Waals surface area contributed by atoms with E-state index in [1.54, 1.807) is 17.2 Å². The van der Waals surface area contributed by atoms with Crippen LogP contribution in [0.2, 0.25) is 5.15 Å². The van der Waals surface area contributed by atoms with Crippen molar-refractivity contribution < 1.29 is 14.6 Å². The lowest BCUT2D eigenvalue weighted by atomic mass is 10.1. The lowest BCUT2D eigenvalue weighted by Crippen LogP contribution is -2.51. The number of ether oxygens (including phenoxy) is 1. The molecule has 0 aliphatic carbocycles. The number of aromatic nitrogens is 1. The van der Waals surface area contributed by atoms with Crippen molar-refractivity contribution in [2.75, 3.05) is 6.54 Å². The zero-order valence-electron chi connectivity index (χ0n) is 10.2. The molecule has 1 unspecified atom stereocenters. The van der Waals surface area contributed by atoms with Crippen molar-refractivity contribution in [1.29, 1.82) is 0 Å². The van der Waals surface area contributed by atoms with Crippen molar-refractivity contribution >= 4 is 17.5 Å². The number of morpholine rings is 1. The van der Waals surface area contributed by atoms with Crippen LogP contribution in [0.25, 0.3) is 0 Å². The highest BCUT2D eigenvalue weighted by atomic mass is 35.5. The Hall–Kier alpha value is -1.17. The van der Waals surface area contributed by atoms with Crippen LogP contribution in [0.1, 0.15) is 25.5 Å². The summed E-state index contributed by atoms with van der Waals surface area (Å²) in [4.78, 5) is 17.4. The standard InChI is InChI=1S/C12H15ClN2O3/c1-7-6-15(11(16)12(17)18-7)8(2)9-3-4-10(13)14-5-9/h3-5,7-8,12,17H,6H2,1-2H3/t7-,8?,12-/m0/s1. The summed E-state index contributed by atoms with van der Waals surface area (Å²) in [6, 6.07) is 3.32. The predicted molar refractivity (Wildman–Crippen MR) is 65.9 cm³/mol. The lowest BCUT2D eigenvalue weighted by molar-refractivity contribution is -0.200. The Kier molecular flexibility index (Phi) is 3.85. The topological polar surface area (TPSA) is 62.7 Å². The third-order valence-corrected chi connectivity index (χ3v) is 3.23. The number of nitrogens with zero attached hydrogens (tertiary/aromatic N) is 2. The molecular formula is C12H15ClN2O3. The van der Waals surface area contributed by atoms with Gasteiger partial charge in [0.05, 0.1) is 12.1 Å². The molecule has 2 rings (SSSR count). The zero-order chi connectivity index (χ0) is 13.3. The number of aliphatic hydroxyl groups excluding tert-OH is 1. The quantitative estimate of drug-likeness (QED) is 0.825. The monoisotopic (exact) mass is 270 g/mol. The summed E-state index contributed by atoms with van der Waals surface area (Å²) in [6.07, 6.45) is 0.0594. The number of aliphatic hydroxyl groups is 1. The molecule has 1 amide bonds. The minimum atomic E-state index is -1.38. The van der Waals surface area contributed by atoms with Crippen LogP contribution in [0.4, 0.5) is 0 Å². The second-order valence-electron chi connectivity index (χ2n) is 4.38. The highest BCUT2D eigenvalue weighted by Crippen LogP contribution is 2.24. The lowest BCUT2D eigenvalue weighted by Gasteiger charge is -2.37. The molecule has 3 atom stereocenters. The van der Waals surface area contributed by atoms with E-state index in [4.69, 9.17) is 16.3 Å². The summed E-state index contributed by atoms with van der Waals surface area (Å²) < 4.78 is 5.06. The number of amides is 1. The molecule has 1 fully saturated rings. The number of hydrogen-bond donors (Lipinski definition) is 1. The molecule has 0 radical (unpaired) electrons. The van der Waals surface area contributed by atoms with Gasteiger partial charge in [-0.1, -0.05) is 17.7 Å². The molecule has 1 saturated heterocycles. The normalized spacial score (nSPS) is 26.2. The van der Waals surface area contributed by atoms with Crippen LogP contribution in [-0.2, 0) is 9.53 Å². The van der Waals surface area contributed by atoms with Gasteiger partial charge in [0.1, 0.15) is 5.15 Å². The van der Waals surface area contributed by atoms with E-state index in [2.05, 4.69) is 4.98 Å². The van der Waals surface area contributed by atoms with Crippen LogP contribution in [0.15, 0.2) is 18.3 Å². The first kappa shape index (κ1) is 13.3. The number of pyridine rings is 1. The third kappa shape index (κ3) is 2.63. The van der Waals surface area contributed by atoms with Crippen LogP contribution >= 0.6 is 11.6 Å². The van der Waals surface area contributed by atoms with Crippen LogP contribution in [0, 0.1) is 0 Å². The summed E-state index contributed by atoms with van der Waals surface area (Å²) in [5, 5.41) is 9.92. The van der Waals surface area contributed by atoms with Crippen molar-refractivity contribution in [3.05, 3.63) is 29.0 Å². The van der Waals surface area contributed by atoms with E-state index in [1.807, 2.05) is 19.9 Å². The van der Waals surface area contributed by atoms with E-state index in [-0.39, 0.29) is 12.1 Å². The minimum absolute atomic E-state index is 0.178. The maximum absolute atomic E-state index is 11.9. The van der Waals surface area contributed by atoms with E-state index in [9.17, 15) is 9.90 Å². The second kappa shape index (κ2) is 5.22. The van der Waals surface area contributed by atoms with Crippen molar-refractivity contribution in [2.24, 2.45) is 0 Å². The first-order chi connectivity index (χ1) is 8.49. The van der Waals surface area contributed by atoms with Crippen LogP contribution in [0.3, 0.4) is 0 Å². The molecule has 6 heteroatoms. The van der Waals surface area contributed by atoms with E-state index >= 15 is 0 Å². The van der Waals surface area contributed by atoms with Crippen LogP contribution in [-0.4, -0.2) is 39.8 Å². The molecule has 18 heavy (non-hydrogen) atoms. The predicted octanol–water partition coefficient (Wildman–Crippen LogP) is 1.36. The van der Waals surface area contributed by atoms with Crippen LogP contribution in [0.5, 0.6) is 0 Å². The van der Waals surface area contributed by atoms with Gasteiger partial charge in [0.2, 0.25) is 6.29 Å². The van der Waals surface area contributed by atoms with Gasteiger partial charge >= 0.3 is 0 Å². The first-order valence-corrected chi connectivity index (χ1v) is 6.12. The average molecular weight is 271 g/mol. The van der Waals surface area contributed by atoms with Gasteiger partial charge < -0.3 is 14.7 Å². The summed E-state index contributed by atoms with van der Waals surface area (Å²) in [6.45, 7) is 4.14. The van der Waals surface area contributed by atoms with E-state index in [0.29, 0.717) is 11.7 Å². The summed E-state index contributed by atoms with van der Waals surface area (Å²) in [5.41, 5.74) is 0.869. The Morgan fingerprint density at radius 3 is 2.94 bits per heavy atom. The molecule has 2 heterocycles. The zero-order valence-corrected chi connectivity index (χ0v) is 11.0. The van der Waals surface area contributed by atoms with Gasteiger partial charge in [-0.15, -0.1) is 0 Å². The highest BCUT2D eigenvalue weighted by molar-refractivity contribution is 6.29. The Morgan fingerprint density at radius 1 is 1.61 bits per heavy atom. The molecule has 98 valence electrons. The molecule has 1 N–H and O–H groups in total. The number of carbonyl (C=O) groups excluding carboxylic acids is 1. The number of carbonyl (C=O) groups is 1. The van der Waals surface area contributed by atoms with Gasteiger partial charge in [-0.2, -0.15) is 0 Å². The fourth-order valence-corrected chi connectivity index (χ4v) is 2.11. The molecular weight excluding hydrogens is 256 g/mol. The maximum Gasteiger partial charge on any atom is 0.279 e. The number of hydrogen-bond acceptors (Lipinski definition) is 4. The Bertz CT molecular complexity index is 437. The molecule has 1 aliphatic rings. The highest BCUT2D eigenvalue weighted by Gasteiger charge is 2.34. The number of rotatable bonds is 2. The second-order valence-corrected chi connectivity index (χ2v) is 4.77. The molecule has 1 aromatic rings. The summed E-state index contributed by atoms with van der Waals surface area (Å²) in [7, 11) is 0. The van der Waals surface area contributed by atoms with E-state index < -0.39 is 12.2 Å². The molecule has 0 bridgehead atoms. The number of halogens is 1. The fraction of sp³-hybridized carbons (Fsp3) is 0.500. The van der Waals surface area contributed by atoms with Crippen molar-refractivity contribution in [3.63, 3.8) is 0 Å². The van der Waals surface area contributed by atoms with E-state index in [0.717, 1.165) is 5.56 Å². The van der Waals surface area contributed by atoms with Crippen molar-refractivity contribution in [2.45, 2.75) is 32.3 Å². The van der Waals surface area contributed by atoms with Crippen LogP contribution < -0.4 is 0 Å². The molecule has 0 saturated carbocycles. The Balaban J connectivity index is 2.19. The van der Waals surface area contributed by atoms with Gasteiger partial charge in [0.15, 0.2) is 0 Å². The molecule has 1 aliphatic heterocycles. The SMILES string of the molecule is CC(c1ccc(Cl)nc1)N1C[C@H](C)O[C@H](O)C1=O. The average Bonchev–Trinajstić information content (AvgIpc) is 2.34. The Labute approximate surface area is 110 Å². The first-order valence-electron chi connectivity index (χ1n) is 5.74. The van der Waals surface area contributed by atoms with E-state index in [1.165, 1.54) is 0 Å². The smallest absolute Gasteiger partial charge is 0.279 e. The Morgan fingerprint density at radius 2 is 2.33 bits per heavy atom.